The molecule has 2 amide bonds. The van der Waals surface area contributed by atoms with E-state index in [1.807, 2.05) is 13.8 Å². The number of carbonyl (C=O) groups is 2. The van der Waals surface area contributed by atoms with E-state index < -0.39 is 35.6 Å². The van der Waals surface area contributed by atoms with Crippen molar-refractivity contribution in [2.45, 2.75) is 51.4 Å². The number of anilines is 4. The van der Waals surface area contributed by atoms with Gasteiger partial charge >= 0.3 is 12.3 Å². The number of nitrogens with one attached hydrogen (secondary N) is 4. The van der Waals surface area contributed by atoms with Crippen LogP contribution in [0.5, 0.6) is 0 Å². The Morgan fingerprint density at radius 1 is 1.12 bits per heavy atom. The molecular weight excluding hydrogens is 441 g/mol. The predicted molar refractivity (Wildman–Crippen MR) is 116 cm³/mol. The quantitative estimate of drug-likeness (QED) is 0.408. The summed E-state index contributed by atoms with van der Waals surface area (Å²) >= 11 is 0. The molecule has 0 spiro atoms. The summed E-state index contributed by atoms with van der Waals surface area (Å²) in [5.74, 6) is -1.14. The summed E-state index contributed by atoms with van der Waals surface area (Å²) in [6, 6.07) is 5.46. The Kier molecular flexibility index (Phi) is 7.24. The van der Waals surface area contributed by atoms with Crippen molar-refractivity contribution in [3.05, 3.63) is 36.0 Å². The minimum Gasteiger partial charge on any atom is -0.465 e. The van der Waals surface area contributed by atoms with E-state index in [1.54, 1.807) is 0 Å². The number of aromatic nitrogens is 2. The van der Waals surface area contributed by atoms with Crippen molar-refractivity contribution >= 4 is 35.1 Å². The van der Waals surface area contributed by atoms with Crippen LogP contribution in [-0.2, 0) is 11.0 Å². The third-order valence-electron chi connectivity index (χ3n) is 5.09. The van der Waals surface area contributed by atoms with Gasteiger partial charge in [-0.2, -0.15) is 18.2 Å². The first-order chi connectivity index (χ1) is 15.5. The number of amides is 2. The van der Waals surface area contributed by atoms with Gasteiger partial charge in [0.1, 0.15) is 11.4 Å². The largest absolute Gasteiger partial charge is 0.465 e. The zero-order chi connectivity index (χ0) is 24.2. The molecule has 2 aromatic rings. The number of nitrogens with zero attached hydrogens (tertiary/aromatic N) is 2. The third-order valence-corrected chi connectivity index (χ3v) is 5.09. The smallest absolute Gasteiger partial charge is 0.421 e. The lowest BCUT2D eigenvalue weighted by Gasteiger charge is -2.24. The minimum absolute atomic E-state index is 0.0728. The van der Waals surface area contributed by atoms with Crippen LogP contribution in [0.2, 0.25) is 0 Å². The van der Waals surface area contributed by atoms with Gasteiger partial charge in [0, 0.05) is 29.7 Å². The standard InChI is InChI=1S/C21H25F3N6O3/c1-11(2)26-18(31)14-4-3-5-16(14)29-17-15(21(22,23)24)10-25-19(30-17)27-12-6-8-13(9-7-12)28-20(32)33/h6-11,14,16,28H,3-5H2,1-2H3,(H,26,31)(H,32,33)(H2,25,27,29,30). The summed E-state index contributed by atoms with van der Waals surface area (Å²) < 4.78 is 40.7. The lowest BCUT2D eigenvalue weighted by Crippen LogP contribution is -2.41. The molecule has 0 aliphatic heterocycles. The van der Waals surface area contributed by atoms with E-state index in [2.05, 4.69) is 31.2 Å². The van der Waals surface area contributed by atoms with Crippen LogP contribution in [0.4, 0.5) is 41.1 Å². The van der Waals surface area contributed by atoms with Gasteiger partial charge in [-0.05, 0) is 51.0 Å². The first-order valence-electron chi connectivity index (χ1n) is 10.4. The lowest BCUT2D eigenvalue weighted by molar-refractivity contribution is -0.137. The fourth-order valence-electron chi connectivity index (χ4n) is 3.66. The van der Waals surface area contributed by atoms with E-state index >= 15 is 0 Å². The highest BCUT2D eigenvalue weighted by Crippen LogP contribution is 2.36. The first kappa shape index (κ1) is 24.1. The highest BCUT2D eigenvalue weighted by atomic mass is 19.4. The molecular formula is C21H25F3N6O3. The first-order valence-corrected chi connectivity index (χ1v) is 10.4. The van der Waals surface area contributed by atoms with Gasteiger partial charge in [0.2, 0.25) is 11.9 Å². The molecule has 2 unspecified atom stereocenters. The van der Waals surface area contributed by atoms with Crippen molar-refractivity contribution in [3.8, 4) is 0 Å². The van der Waals surface area contributed by atoms with E-state index in [0.717, 1.165) is 0 Å². The van der Waals surface area contributed by atoms with Gasteiger partial charge < -0.3 is 21.1 Å². The van der Waals surface area contributed by atoms with Crippen LogP contribution >= 0.6 is 0 Å². The number of halogens is 3. The van der Waals surface area contributed by atoms with Crippen molar-refractivity contribution in [1.29, 1.82) is 0 Å². The second-order valence-electron chi connectivity index (χ2n) is 8.04. The van der Waals surface area contributed by atoms with E-state index in [1.165, 1.54) is 24.3 Å². The molecule has 1 aliphatic rings. The molecule has 1 heterocycles. The molecule has 33 heavy (non-hydrogen) atoms. The molecule has 1 fully saturated rings. The van der Waals surface area contributed by atoms with Gasteiger partial charge in [0.05, 0.1) is 5.92 Å². The fraction of sp³-hybridized carbons (Fsp3) is 0.429. The van der Waals surface area contributed by atoms with Crippen molar-refractivity contribution in [3.63, 3.8) is 0 Å². The van der Waals surface area contributed by atoms with Gasteiger partial charge in [0.15, 0.2) is 0 Å². The van der Waals surface area contributed by atoms with Crippen LogP contribution < -0.4 is 21.3 Å². The Morgan fingerprint density at radius 2 is 1.79 bits per heavy atom. The molecule has 0 saturated heterocycles. The topological polar surface area (TPSA) is 128 Å². The number of rotatable bonds is 7. The average molecular weight is 466 g/mol. The zero-order valence-corrected chi connectivity index (χ0v) is 18.0. The summed E-state index contributed by atoms with van der Waals surface area (Å²) in [6.45, 7) is 3.65. The summed E-state index contributed by atoms with van der Waals surface area (Å²) in [5.41, 5.74) is -0.244. The third kappa shape index (κ3) is 6.46. The Hall–Kier alpha value is -3.57. The second kappa shape index (κ2) is 9.92. The van der Waals surface area contributed by atoms with Crippen LogP contribution in [0.1, 0.15) is 38.7 Å². The van der Waals surface area contributed by atoms with Crippen molar-refractivity contribution < 1.29 is 27.9 Å². The van der Waals surface area contributed by atoms with Gasteiger partial charge in [0.25, 0.3) is 0 Å². The summed E-state index contributed by atoms with van der Waals surface area (Å²) in [5, 5.41) is 19.4. The Balaban J connectivity index is 1.82. The minimum atomic E-state index is -4.68. The maximum Gasteiger partial charge on any atom is 0.421 e. The fourth-order valence-corrected chi connectivity index (χ4v) is 3.66. The van der Waals surface area contributed by atoms with E-state index in [9.17, 15) is 22.8 Å². The van der Waals surface area contributed by atoms with Crippen LogP contribution in [0.3, 0.4) is 0 Å². The van der Waals surface area contributed by atoms with Gasteiger partial charge in [-0.15, -0.1) is 0 Å². The second-order valence-corrected chi connectivity index (χ2v) is 8.04. The maximum atomic E-state index is 13.6. The number of hydrogen-bond donors (Lipinski definition) is 5. The van der Waals surface area contributed by atoms with Crippen LogP contribution in [-0.4, -0.2) is 39.2 Å². The van der Waals surface area contributed by atoms with E-state index in [0.29, 0.717) is 36.8 Å². The average Bonchev–Trinajstić information content (AvgIpc) is 3.16. The highest BCUT2D eigenvalue weighted by molar-refractivity contribution is 5.83. The molecule has 9 nitrogen and oxygen atoms in total. The van der Waals surface area contributed by atoms with Gasteiger partial charge in [-0.1, -0.05) is 6.42 Å². The number of carboxylic acid groups (broad SMARTS) is 1. The maximum absolute atomic E-state index is 13.6. The zero-order valence-electron chi connectivity index (χ0n) is 18.0. The Labute approximate surface area is 188 Å². The summed E-state index contributed by atoms with van der Waals surface area (Å²) in [7, 11) is 0. The van der Waals surface area contributed by atoms with E-state index in [4.69, 9.17) is 5.11 Å². The molecule has 1 aromatic heterocycles. The van der Waals surface area contributed by atoms with Crippen molar-refractivity contribution in [2.24, 2.45) is 5.92 Å². The van der Waals surface area contributed by atoms with E-state index in [-0.39, 0.29) is 17.9 Å². The molecule has 1 saturated carbocycles. The molecule has 12 heteroatoms. The molecule has 0 bridgehead atoms. The number of alkyl halides is 3. The van der Waals surface area contributed by atoms with Gasteiger partial charge in [-0.25, -0.2) is 9.78 Å². The van der Waals surface area contributed by atoms with Crippen LogP contribution in [0.15, 0.2) is 30.5 Å². The molecule has 0 radical (unpaired) electrons. The number of carbonyl (C=O) groups excluding carboxylic acids is 1. The predicted octanol–water partition coefficient (Wildman–Crippen LogP) is 4.43. The van der Waals surface area contributed by atoms with Crippen molar-refractivity contribution in [2.75, 3.05) is 16.0 Å². The molecule has 2 atom stereocenters. The monoisotopic (exact) mass is 466 g/mol. The number of hydrogen-bond acceptors (Lipinski definition) is 6. The summed E-state index contributed by atoms with van der Waals surface area (Å²) in [4.78, 5) is 31.0. The molecule has 3 rings (SSSR count). The van der Waals surface area contributed by atoms with Crippen LogP contribution in [0.25, 0.3) is 0 Å². The van der Waals surface area contributed by atoms with Crippen LogP contribution in [0, 0.1) is 5.92 Å². The normalized spacial score (nSPS) is 18.1. The molecule has 5 N–H and O–H groups in total. The summed E-state index contributed by atoms with van der Waals surface area (Å²) in [6.07, 6.45) is -3.38. The number of benzene rings is 1. The molecule has 1 aliphatic carbocycles. The Bertz CT molecular complexity index is 998. The molecule has 1 aromatic carbocycles. The molecule has 178 valence electrons. The lowest BCUT2D eigenvalue weighted by atomic mass is 10.0. The SMILES string of the molecule is CC(C)NC(=O)C1CCCC1Nc1nc(Nc2ccc(NC(=O)O)cc2)ncc1C(F)(F)F. The Morgan fingerprint density at radius 3 is 2.39 bits per heavy atom. The van der Waals surface area contributed by atoms with Gasteiger partial charge in [-0.3, -0.25) is 10.1 Å². The highest BCUT2D eigenvalue weighted by Gasteiger charge is 2.38. The van der Waals surface area contributed by atoms with Crippen molar-refractivity contribution in [1.82, 2.24) is 15.3 Å².